The Kier molecular flexibility index (Phi) is 6.56. The van der Waals surface area contributed by atoms with Crippen LogP contribution in [0.2, 0.25) is 0 Å². The lowest BCUT2D eigenvalue weighted by Crippen LogP contribution is -2.55. The van der Waals surface area contributed by atoms with Gasteiger partial charge in [-0.3, -0.25) is 9.80 Å². The van der Waals surface area contributed by atoms with Gasteiger partial charge in [-0.2, -0.15) is 0 Å². The summed E-state index contributed by atoms with van der Waals surface area (Å²) in [7, 11) is 1.58. The highest BCUT2D eigenvalue weighted by molar-refractivity contribution is 5.74. The van der Waals surface area contributed by atoms with Crippen LogP contribution in [0.25, 0.3) is 0 Å². The number of rotatable bonds is 5. The third-order valence-electron chi connectivity index (χ3n) is 4.08. The summed E-state index contributed by atoms with van der Waals surface area (Å²) in [4.78, 5) is 27.5. The second kappa shape index (κ2) is 8.45. The fourth-order valence-electron chi connectivity index (χ4n) is 2.81. The number of amides is 1. The average molecular weight is 348 g/mol. The van der Waals surface area contributed by atoms with Crippen LogP contribution >= 0.6 is 0 Å². The van der Waals surface area contributed by atoms with E-state index in [1.165, 1.54) is 10.5 Å². The molecule has 2 unspecified atom stereocenters. The van der Waals surface area contributed by atoms with Gasteiger partial charge < -0.3 is 14.3 Å². The van der Waals surface area contributed by atoms with Crippen molar-refractivity contribution in [2.75, 3.05) is 26.7 Å². The van der Waals surface area contributed by atoms with Crippen LogP contribution in [0.5, 0.6) is 0 Å². The highest BCUT2D eigenvalue weighted by Gasteiger charge is 2.34. The summed E-state index contributed by atoms with van der Waals surface area (Å²) < 4.78 is 11.1. The summed E-state index contributed by atoms with van der Waals surface area (Å²) in [6.07, 6.45) is -0.124. The Bertz CT molecular complexity index is 571. The lowest BCUT2D eigenvalue weighted by molar-refractivity contribution is -0.122. The second-order valence-corrected chi connectivity index (χ2v) is 7.35. The lowest BCUT2D eigenvalue weighted by Gasteiger charge is -2.38. The minimum absolute atomic E-state index is 0.368. The van der Waals surface area contributed by atoms with Crippen molar-refractivity contribution in [1.82, 2.24) is 9.80 Å². The Morgan fingerprint density at radius 3 is 2.68 bits per heavy atom. The predicted octanol–water partition coefficient (Wildman–Crippen LogP) is 2.32. The maximum Gasteiger partial charge on any atom is 0.410 e. The molecule has 6 nitrogen and oxygen atoms in total. The second-order valence-electron chi connectivity index (χ2n) is 7.35. The van der Waals surface area contributed by atoms with Gasteiger partial charge in [0.05, 0.1) is 12.7 Å². The van der Waals surface area contributed by atoms with E-state index in [9.17, 15) is 9.59 Å². The number of aldehydes is 1. The molecule has 0 aromatic heterocycles. The molecular weight excluding hydrogens is 320 g/mol. The van der Waals surface area contributed by atoms with Gasteiger partial charge in [0, 0.05) is 26.7 Å². The van der Waals surface area contributed by atoms with Gasteiger partial charge in [-0.05, 0) is 26.3 Å². The van der Waals surface area contributed by atoms with Crippen molar-refractivity contribution in [3.63, 3.8) is 0 Å². The summed E-state index contributed by atoms with van der Waals surface area (Å²) in [6, 6.07) is 9.50. The van der Waals surface area contributed by atoms with Crippen molar-refractivity contribution >= 4 is 12.4 Å². The van der Waals surface area contributed by atoms with Gasteiger partial charge in [0.15, 0.2) is 0 Å². The minimum Gasteiger partial charge on any atom is -0.444 e. The number of likely N-dealkylation sites (N-methyl/N-ethyl adjacent to an activating group) is 1. The summed E-state index contributed by atoms with van der Waals surface area (Å²) in [5, 5.41) is 0. The lowest BCUT2D eigenvalue weighted by atomic mass is 10.1. The topological polar surface area (TPSA) is 59.1 Å². The molecule has 1 aromatic rings. The van der Waals surface area contributed by atoms with Crippen LogP contribution in [-0.2, 0) is 20.8 Å². The molecular formula is C19H28N2O4. The number of benzene rings is 1. The molecule has 6 heteroatoms. The molecule has 25 heavy (non-hydrogen) atoms. The Hall–Kier alpha value is -1.92. The van der Waals surface area contributed by atoms with Crippen LogP contribution < -0.4 is 0 Å². The van der Waals surface area contributed by atoms with Crippen LogP contribution in [-0.4, -0.2) is 66.7 Å². The van der Waals surface area contributed by atoms with Crippen LogP contribution in [0, 0.1) is 0 Å². The van der Waals surface area contributed by atoms with E-state index in [1.807, 2.05) is 18.2 Å². The molecule has 0 spiro atoms. The highest BCUT2D eigenvalue weighted by atomic mass is 16.6. The summed E-state index contributed by atoms with van der Waals surface area (Å²) >= 11 is 0. The summed E-state index contributed by atoms with van der Waals surface area (Å²) in [5.74, 6) is 0. The first-order valence-electron chi connectivity index (χ1n) is 8.59. The van der Waals surface area contributed by atoms with Crippen molar-refractivity contribution in [3.8, 4) is 0 Å². The van der Waals surface area contributed by atoms with Gasteiger partial charge in [-0.25, -0.2) is 4.79 Å². The number of hydrogen-bond acceptors (Lipinski definition) is 5. The van der Waals surface area contributed by atoms with E-state index in [4.69, 9.17) is 9.47 Å². The third-order valence-corrected chi connectivity index (χ3v) is 4.08. The standard InChI is InChI=1S/C19H28N2O4/c1-19(2,3)25-18(23)20(4)16(14-22)17-13-21(10-11-24-17)12-15-8-6-5-7-9-15/h5-9,14,16-17H,10-13H2,1-4H3. The normalized spacial score (nSPS) is 19.9. The number of ether oxygens (including phenoxy) is 2. The maximum absolute atomic E-state index is 12.2. The maximum atomic E-state index is 12.2. The molecule has 0 N–H and O–H groups in total. The monoisotopic (exact) mass is 348 g/mol. The molecule has 2 atom stereocenters. The van der Waals surface area contributed by atoms with Crippen molar-refractivity contribution in [1.29, 1.82) is 0 Å². The molecule has 0 bridgehead atoms. The number of carbonyl (C=O) groups excluding carboxylic acids is 2. The SMILES string of the molecule is CN(C(=O)OC(C)(C)C)C(C=O)C1CN(Cc2ccccc2)CCO1. The molecule has 138 valence electrons. The minimum atomic E-state index is -0.673. The Balaban J connectivity index is 1.99. The third kappa shape index (κ3) is 5.83. The summed E-state index contributed by atoms with van der Waals surface area (Å²) in [6.45, 7) is 8.11. The van der Waals surface area contributed by atoms with E-state index < -0.39 is 17.7 Å². The van der Waals surface area contributed by atoms with Gasteiger partial charge in [0.1, 0.15) is 17.9 Å². The van der Waals surface area contributed by atoms with Gasteiger partial charge in [-0.1, -0.05) is 30.3 Å². The Morgan fingerprint density at radius 2 is 2.08 bits per heavy atom. The van der Waals surface area contributed by atoms with Gasteiger partial charge >= 0.3 is 6.09 Å². The molecule has 1 aromatic carbocycles. The molecule has 1 heterocycles. The Morgan fingerprint density at radius 1 is 1.40 bits per heavy atom. The zero-order chi connectivity index (χ0) is 18.4. The number of hydrogen-bond donors (Lipinski definition) is 0. The van der Waals surface area contributed by atoms with Crippen molar-refractivity contribution in [2.45, 2.75) is 45.1 Å². The van der Waals surface area contributed by atoms with Gasteiger partial charge in [0.25, 0.3) is 0 Å². The predicted molar refractivity (Wildman–Crippen MR) is 95.3 cm³/mol. The first-order chi connectivity index (χ1) is 11.8. The average Bonchev–Trinajstić information content (AvgIpc) is 2.55. The highest BCUT2D eigenvalue weighted by Crippen LogP contribution is 2.17. The van der Waals surface area contributed by atoms with E-state index in [-0.39, 0.29) is 6.10 Å². The zero-order valence-corrected chi connectivity index (χ0v) is 15.5. The van der Waals surface area contributed by atoms with Crippen LogP contribution in [0.15, 0.2) is 30.3 Å². The van der Waals surface area contributed by atoms with E-state index in [2.05, 4.69) is 17.0 Å². The van der Waals surface area contributed by atoms with Crippen LogP contribution in [0.1, 0.15) is 26.3 Å². The fraction of sp³-hybridized carbons (Fsp3) is 0.579. The quantitative estimate of drug-likeness (QED) is 0.765. The molecule has 1 amide bonds. The summed E-state index contributed by atoms with van der Waals surface area (Å²) in [5.41, 5.74) is 0.609. The molecule has 0 radical (unpaired) electrons. The van der Waals surface area contributed by atoms with Crippen LogP contribution in [0.3, 0.4) is 0 Å². The van der Waals surface area contributed by atoms with Crippen molar-refractivity contribution in [2.24, 2.45) is 0 Å². The molecule has 0 aliphatic carbocycles. The number of carbonyl (C=O) groups is 2. The first kappa shape index (κ1) is 19.4. The smallest absolute Gasteiger partial charge is 0.410 e. The van der Waals surface area contributed by atoms with Crippen LogP contribution in [0.4, 0.5) is 4.79 Å². The van der Waals surface area contributed by atoms with Crippen molar-refractivity contribution < 1.29 is 19.1 Å². The largest absolute Gasteiger partial charge is 0.444 e. The van der Waals surface area contributed by atoms with E-state index in [1.54, 1.807) is 27.8 Å². The van der Waals surface area contributed by atoms with Gasteiger partial charge in [-0.15, -0.1) is 0 Å². The molecule has 0 saturated carbocycles. The molecule has 2 rings (SSSR count). The molecule has 1 aliphatic heterocycles. The molecule has 1 saturated heterocycles. The number of nitrogens with zero attached hydrogens (tertiary/aromatic N) is 2. The van der Waals surface area contributed by atoms with Crippen molar-refractivity contribution in [3.05, 3.63) is 35.9 Å². The Labute approximate surface area is 149 Å². The van der Waals surface area contributed by atoms with E-state index in [0.29, 0.717) is 13.2 Å². The number of morpholine rings is 1. The van der Waals surface area contributed by atoms with E-state index in [0.717, 1.165) is 19.4 Å². The molecule has 1 aliphatic rings. The first-order valence-corrected chi connectivity index (χ1v) is 8.59. The van der Waals surface area contributed by atoms with Gasteiger partial charge in [0.2, 0.25) is 0 Å². The van der Waals surface area contributed by atoms with E-state index >= 15 is 0 Å². The fourth-order valence-corrected chi connectivity index (χ4v) is 2.81. The molecule has 1 fully saturated rings. The zero-order valence-electron chi connectivity index (χ0n) is 15.5.